The summed E-state index contributed by atoms with van der Waals surface area (Å²) in [5.74, 6) is -0.236. The van der Waals surface area contributed by atoms with Crippen LogP contribution in [0.25, 0.3) is 0 Å². The van der Waals surface area contributed by atoms with Crippen LogP contribution < -0.4 is 5.32 Å². The molecule has 100 valence electrons. The van der Waals surface area contributed by atoms with Crippen molar-refractivity contribution in [2.24, 2.45) is 0 Å². The summed E-state index contributed by atoms with van der Waals surface area (Å²) in [7, 11) is 0. The summed E-state index contributed by atoms with van der Waals surface area (Å²) in [6.45, 7) is 4.15. The van der Waals surface area contributed by atoms with Gasteiger partial charge in [0.25, 0.3) is 0 Å². The topological polar surface area (TPSA) is 24.9 Å². The Kier molecular flexibility index (Phi) is 4.38. The third-order valence-corrected chi connectivity index (χ3v) is 3.26. The van der Waals surface area contributed by atoms with Crippen molar-refractivity contribution in [3.8, 4) is 0 Å². The van der Waals surface area contributed by atoms with Gasteiger partial charge in [0, 0.05) is 11.9 Å². The van der Waals surface area contributed by atoms with Gasteiger partial charge in [-0.2, -0.15) is 0 Å². The predicted molar refractivity (Wildman–Crippen MR) is 77.7 cm³/mol. The second kappa shape index (κ2) is 6.02. The number of halogens is 2. The molecule has 2 rings (SSSR count). The molecule has 2 nitrogen and oxygen atoms in total. The van der Waals surface area contributed by atoms with Crippen LogP contribution in [-0.4, -0.2) is 4.98 Å². The molecule has 0 spiro atoms. The van der Waals surface area contributed by atoms with E-state index in [0.29, 0.717) is 5.02 Å². The molecule has 19 heavy (non-hydrogen) atoms. The Bertz CT molecular complexity index is 562. The summed E-state index contributed by atoms with van der Waals surface area (Å²) < 4.78 is 13.8. The van der Waals surface area contributed by atoms with Crippen LogP contribution >= 0.6 is 11.6 Å². The van der Waals surface area contributed by atoms with Gasteiger partial charge in [-0.15, -0.1) is 0 Å². The number of nitrogens with one attached hydrogen (secondary N) is 1. The average molecular weight is 279 g/mol. The smallest absolute Gasteiger partial charge is 0.167 e. The lowest BCUT2D eigenvalue weighted by molar-refractivity contribution is 0.626. The zero-order valence-corrected chi connectivity index (χ0v) is 11.8. The van der Waals surface area contributed by atoms with Crippen molar-refractivity contribution < 1.29 is 4.39 Å². The minimum Gasteiger partial charge on any atom is -0.337 e. The molecule has 0 aliphatic heterocycles. The Balaban J connectivity index is 2.42. The molecule has 4 heteroatoms. The molecule has 0 unspecified atom stereocenters. The second-order valence-electron chi connectivity index (χ2n) is 4.27. The average Bonchev–Trinajstić information content (AvgIpc) is 2.42. The number of aromatic nitrogens is 1. The van der Waals surface area contributed by atoms with Gasteiger partial charge in [-0.05, 0) is 30.0 Å². The lowest BCUT2D eigenvalue weighted by Crippen LogP contribution is -2.03. The van der Waals surface area contributed by atoms with E-state index in [1.54, 1.807) is 0 Å². The zero-order valence-electron chi connectivity index (χ0n) is 11.0. The Morgan fingerprint density at radius 3 is 2.37 bits per heavy atom. The summed E-state index contributed by atoms with van der Waals surface area (Å²) in [5.41, 5.74) is 3.24. The first-order valence-corrected chi connectivity index (χ1v) is 6.72. The van der Waals surface area contributed by atoms with Crippen molar-refractivity contribution in [2.75, 3.05) is 5.32 Å². The number of rotatable bonds is 4. The van der Waals surface area contributed by atoms with Gasteiger partial charge in [-0.1, -0.05) is 43.6 Å². The number of anilines is 2. The summed E-state index contributed by atoms with van der Waals surface area (Å²) in [6.07, 6.45) is 3.20. The SMILES string of the molecule is CCc1cccc(CC)c1Nc1ncc(Cl)cc1F. The van der Waals surface area contributed by atoms with E-state index >= 15 is 0 Å². The molecule has 1 heterocycles. The number of pyridine rings is 1. The maximum atomic E-state index is 13.8. The lowest BCUT2D eigenvalue weighted by atomic mass is 10.0. The minimum absolute atomic E-state index is 0.208. The Labute approximate surface area is 117 Å². The molecule has 0 saturated carbocycles. The quantitative estimate of drug-likeness (QED) is 0.873. The molecule has 0 fully saturated rings. The number of hydrogen-bond donors (Lipinski definition) is 1. The molecule has 0 radical (unpaired) electrons. The number of nitrogens with zero attached hydrogens (tertiary/aromatic N) is 1. The largest absolute Gasteiger partial charge is 0.337 e. The van der Waals surface area contributed by atoms with Crippen LogP contribution in [0, 0.1) is 5.82 Å². The molecule has 0 bridgehead atoms. The second-order valence-corrected chi connectivity index (χ2v) is 4.70. The van der Waals surface area contributed by atoms with Gasteiger partial charge >= 0.3 is 0 Å². The highest BCUT2D eigenvalue weighted by molar-refractivity contribution is 6.30. The van der Waals surface area contributed by atoms with E-state index in [1.807, 2.05) is 18.2 Å². The van der Waals surface area contributed by atoms with E-state index in [4.69, 9.17) is 11.6 Å². The van der Waals surface area contributed by atoms with Gasteiger partial charge in [0.15, 0.2) is 11.6 Å². The molecule has 1 aromatic carbocycles. The summed E-state index contributed by atoms with van der Waals surface area (Å²) in [5, 5.41) is 3.39. The van der Waals surface area contributed by atoms with E-state index in [9.17, 15) is 4.39 Å². The van der Waals surface area contributed by atoms with Crippen LogP contribution in [0.3, 0.4) is 0 Å². The van der Waals surface area contributed by atoms with E-state index in [1.165, 1.54) is 12.3 Å². The zero-order chi connectivity index (χ0) is 13.8. The van der Waals surface area contributed by atoms with E-state index < -0.39 is 5.82 Å². The van der Waals surface area contributed by atoms with E-state index in [-0.39, 0.29) is 5.82 Å². The van der Waals surface area contributed by atoms with Crippen molar-refractivity contribution in [2.45, 2.75) is 26.7 Å². The van der Waals surface area contributed by atoms with Crippen molar-refractivity contribution in [1.82, 2.24) is 4.98 Å². The van der Waals surface area contributed by atoms with Crippen molar-refractivity contribution in [3.63, 3.8) is 0 Å². The highest BCUT2D eigenvalue weighted by Gasteiger charge is 2.10. The van der Waals surface area contributed by atoms with Gasteiger partial charge < -0.3 is 5.32 Å². The molecule has 0 atom stereocenters. The van der Waals surface area contributed by atoms with Gasteiger partial charge in [-0.25, -0.2) is 9.37 Å². The standard InChI is InChI=1S/C15H16ClFN2/c1-3-10-6-5-7-11(4-2)14(10)19-15-13(17)8-12(16)9-18-15/h5-9H,3-4H2,1-2H3,(H,18,19). The fourth-order valence-corrected chi connectivity index (χ4v) is 2.17. The third kappa shape index (κ3) is 3.04. The minimum atomic E-state index is -0.444. The van der Waals surface area contributed by atoms with Crippen molar-refractivity contribution in [3.05, 3.63) is 52.4 Å². The number of benzene rings is 1. The molecular weight excluding hydrogens is 263 g/mol. The van der Waals surface area contributed by atoms with Crippen LogP contribution in [0.15, 0.2) is 30.5 Å². The van der Waals surface area contributed by atoms with Gasteiger partial charge in [0.1, 0.15) is 0 Å². The van der Waals surface area contributed by atoms with Gasteiger partial charge in [0.05, 0.1) is 5.02 Å². The molecule has 2 aromatic rings. The molecule has 0 aliphatic carbocycles. The molecule has 0 aliphatic rings. The highest BCUT2D eigenvalue weighted by Crippen LogP contribution is 2.27. The Hall–Kier alpha value is -1.61. The van der Waals surface area contributed by atoms with Crippen LogP contribution in [-0.2, 0) is 12.8 Å². The normalized spacial score (nSPS) is 10.5. The molecule has 1 aromatic heterocycles. The Morgan fingerprint density at radius 1 is 1.21 bits per heavy atom. The fraction of sp³-hybridized carbons (Fsp3) is 0.267. The predicted octanol–water partition coefficient (Wildman–Crippen LogP) is 4.74. The molecular formula is C15H16ClFN2. The molecule has 0 amide bonds. The first-order chi connectivity index (χ1) is 9.15. The Morgan fingerprint density at radius 2 is 1.84 bits per heavy atom. The van der Waals surface area contributed by atoms with Crippen molar-refractivity contribution >= 4 is 23.1 Å². The fourth-order valence-electron chi connectivity index (χ4n) is 2.03. The molecule has 1 N–H and O–H groups in total. The van der Waals surface area contributed by atoms with Gasteiger partial charge in [-0.3, -0.25) is 0 Å². The maximum Gasteiger partial charge on any atom is 0.167 e. The maximum absolute atomic E-state index is 13.8. The summed E-state index contributed by atoms with van der Waals surface area (Å²) in [4.78, 5) is 4.01. The monoisotopic (exact) mass is 278 g/mol. The van der Waals surface area contributed by atoms with Gasteiger partial charge in [0.2, 0.25) is 0 Å². The first-order valence-electron chi connectivity index (χ1n) is 6.34. The number of para-hydroxylation sites is 1. The summed E-state index contributed by atoms with van der Waals surface area (Å²) in [6, 6.07) is 7.36. The third-order valence-electron chi connectivity index (χ3n) is 3.05. The molecule has 0 saturated heterocycles. The lowest BCUT2D eigenvalue weighted by Gasteiger charge is -2.15. The highest BCUT2D eigenvalue weighted by atomic mass is 35.5. The van der Waals surface area contributed by atoms with E-state index in [2.05, 4.69) is 24.1 Å². The number of aryl methyl sites for hydroxylation is 2. The van der Waals surface area contributed by atoms with Crippen molar-refractivity contribution in [1.29, 1.82) is 0 Å². The summed E-state index contributed by atoms with van der Waals surface area (Å²) >= 11 is 5.71. The van der Waals surface area contributed by atoms with Crippen LogP contribution in [0.5, 0.6) is 0 Å². The van der Waals surface area contributed by atoms with Crippen LogP contribution in [0.1, 0.15) is 25.0 Å². The van der Waals surface area contributed by atoms with Crippen LogP contribution in [0.2, 0.25) is 5.02 Å². The number of hydrogen-bond acceptors (Lipinski definition) is 2. The first kappa shape index (κ1) is 13.8. The van der Waals surface area contributed by atoms with E-state index in [0.717, 1.165) is 29.7 Å². The van der Waals surface area contributed by atoms with Crippen LogP contribution in [0.4, 0.5) is 15.9 Å².